The Hall–Kier alpha value is -1.40. The number of carbonyl (C=O) groups excluding carboxylic acids is 1. The highest BCUT2D eigenvalue weighted by Crippen LogP contribution is 2.11. The molecular formula is C15H26N4O2. The number of ether oxygens (including phenoxy) is 1. The molecule has 1 aliphatic rings. The number of amides is 1. The minimum Gasteiger partial charge on any atom is -0.372 e. The van der Waals surface area contributed by atoms with Crippen LogP contribution in [0.3, 0.4) is 0 Å². The summed E-state index contributed by atoms with van der Waals surface area (Å²) in [6.07, 6.45) is 6.83. The van der Waals surface area contributed by atoms with Crippen molar-refractivity contribution in [1.29, 1.82) is 0 Å². The smallest absolute Gasteiger partial charge is 0.236 e. The molecule has 0 N–H and O–H groups in total. The summed E-state index contributed by atoms with van der Waals surface area (Å²) < 4.78 is 7.72. The average molecular weight is 294 g/mol. The molecule has 2 atom stereocenters. The van der Waals surface area contributed by atoms with Crippen LogP contribution in [0.2, 0.25) is 0 Å². The van der Waals surface area contributed by atoms with Crippen molar-refractivity contribution >= 4 is 5.91 Å². The average Bonchev–Trinajstić information content (AvgIpc) is 2.90. The van der Waals surface area contributed by atoms with Gasteiger partial charge in [0.1, 0.15) is 0 Å². The number of hydrogen-bond donors (Lipinski definition) is 0. The molecule has 0 spiro atoms. The zero-order valence-corrected chi connectivity index (χ0v) is 13.2. The summed E-state index contributed by atoms with van der Waals surface area (Å²) in [4.78, 5) is 20.3. The molecule has 0 aliphatic carbocycles. The number of rotatable bonds is 6. The number of imidazole rings is 1. The number of aryl methyl sites for hydroxylation is 1. The molecule has 0 bridgehead atoms. The van der Waals surface area contributed by atoms with Gasteiger partial charge in [-0.3, -0.25) is 9.69 Å². The topological polar surface area (TPSA) is 50.6 Å². The van der Waals surface area contributed by atoms with Crippen LogP contribution in [0.25, 0.3) is 0 Å². The van der Waals surface area contributed by atoms with Crippen LogP contribution in [0.4, 0.5) is 0 Å². The number of aromatic nitrogens is 2. The number of hydrogen-bond acceptors (Lipinski definition) is 4. The second-order valence-corrected chi connectivity index (χ2v) is 5.95. The van der Waals surface area contributed by atoms with Crippen LogP contribution in [0.1, 0.15) is 20.3 Å². The molecule has 1 aromatic heterocycles. The van der Waals surface area contributed by atoms with E-state index in [1.54, 1.807) is 6.20 Å². The maximum absolute atomic E-state index is 12.3. The van der Waals surface area contributed by atoms with Crippen molar-refractivity contribution in [3.8, 4) is 0 Å². The van der Waals surface area contributed by atoms with E-state index in [0.29, 0.717) is 19.6 Å². The van der Waals surface area contributed by atoms with Crippen molar-refractivity contribution in [3.63, 3.8) is 0 Å². The predicted octanol–water partition coefficient (Wildman–Crippen LogP) is 0.841. The zero-order valence-electron chi connectivity index (χ0n) is 13.2. The molecule has 6 nitrogen and oxygen atoms in total. The standard InChI is InChI=1S/C15H26N4O2/c1-13-9-19(10-14(2)21-13)15(20)11-17(3)6-4-7-18-8-5-16-12-18/h5,8,12-14H,4,6-7,9-11H2,1-3H3/t13-,14-/m1/s1. The third-order valence-electron chi connectivity index (χ3n) is 3.69. The molecule has 1 aliphatic heterocycles. The second kappa shape index (κ2) is 7.56. The molecule has 2 rings (SSSR count). The second-order valence-electron chi connectivity index (χ2n) is 5.95. The van der Waals surface area contributed by atoms with Gasteiger partial charge in [-0.25, -0.2) is 4.98 Å². The first-order valence-corrected chi connectivity index (χ1v) is 7.62. The van der Waals surface area contributed by atoms with E-state index in [4.69, 9.17) is 4.74 Å². The van der Waals surface area contributed by atoms with Crippen LogP contribution in [0.5, 0.6) is 0 Å². The highest BCUT2D eigenvalue weighted by Gasteiger charge is 2.26. The Morgan fingerprint density at radius 3 is 2.71 bits per heavy atom. The van der Waals surface area contributed by atoms with Gasteiger partial charge in [0, 0.05) is 38.6 Å². The van der Waals surface area contributed by atoms with Crippen LogP contribution < -0.4 is 0 Å². The van der Waals surface area contributed by atoms with Gasteiger partial charge in [0.05, 0.1) is 25.1 Å². The van der Waals surface area contributed by atoms with E-state index in [1.165, 1.54) is 0 Å². The normalized spacial score (nSPS) is 22.8. The van der Waals surface area contributed by atoms with Crippen molar-refractivity contribution in [2.24, 2.45) is 0 Å². The Balaban J connectivity index is 1.69. The molecule has 1 aromatic rings. The van der Waals surface area contributed by atoms with Gasteiger partial charge in [-0.15, -0.1) is 0 Å². The molecule has 0 saturated carbocycles. The SMILES string of the molecule is C[C@@H]1CN(C(=O)CN(C)CCCn2ccnc2)C[C@@H](C)O1. The summed E-state index contributed by atoms with van der Waals surface area (Å²) in [5, 5.41) is 0. The van der Waals surface area contributed by atoms with Gasteiger partial charge in [0.15, 0.2) is 0 Å². The van der Waals surface area contributed by atoms with E-state index in [1.807, 2.05) is 38.3 Å². The predicted molar refractivity (Wildman–Crippen MR) is 80.9 cm³/mol. The van der Waals surface area contributed by atoms with Crippen molar-refractivity contribution in [2.45, 2.75) is 39.0 Å². The lowest BCUT2D eigenvalue weighted by molar-refractivity contribution is -0.144. The fourth-order valence-corrected chi connectivity index (χ4v) is 2.73. The lowest BCUT2D eigenvalue weighted by atomic mass is 10.2. The molecule has 6 heteroatoms. The van der Waals surface area contributed by atoms with Crippen LogP contribution in [-0.4, -0.2) is 70.7 Å². The first-order valence-electron chi connectivity index (χ1n) is 7.62. The van der Waals surface area contributed by atoms with Gasteiger partial charge in [-0.1, -0.05) is 0 Å². The first-order chi connectivity index (χ1) is 10.0. The summed E-state index contributed by atoms with van der Waals surface area (Å²) in [6, 6.07) is 0. The van der Waals surface area contributed by atoms with Crippen molar-refractivity contribution in [2.75, 3.05) is 33.2 Å². The van der Waals surface area contributed by atoms with E-state index in [0.717, 1.165) is 19.5 Å². The van der Waals surface area contributed by atoms with E-state index in [9.17, 15) is 4.79 Å². The number of nitrogens with zero attached hydrogens (tertiary/aromatic N) is 4. The molecule has 21 heavy (non-hydrogen) atoms. The summed E-state index contributed by atoms with van der Waals surface area (Å²) in [7, 11) is 2.00. The minimum absolute atomic E-state index is 0.129. The highest BCUT2D eigenvalue weighted by atomic mass is 16.5. The van der Waals surface area contributed by atoms with Crippen LogP contribution in [-0.2, 0) is 16.1 Å². The van der Waals surface area contributed by atoms with Crippen molar-refractivity contribution in [3.05, 3.63) is 18.7 Å². The highest BCUT2D eigenvalue weighted by molar-refractivity contribution is 5.78. The summed E-state index contributed by atoms with van der Waals surface area (Å²) in [5.41, 5.74) is 0. The molecule has 2 heterocycles. The fraction of sp³-hybridized carbons (Fsp3) is 0.733. The Labute approximate surface area is 126 Å². The third-order valence-corrected chi connectivity index (χ3v) is 3.69. The van der Waals surface area contributed by atoms with E-state index in [-0.39, 0.29) is 18.1 Å². The molecule has 1 fully saturated rings. The quantitative estimate of drug-likeness (QED) is 0.780. The van der Waals surface area contributed by atoms with Crippen LogP contribution >= 0.6 is 0 Å². The molecule has 0 radical (unpaired) electrons. The van der Waals surface area contributed by atoms with Gasteiger partial charge in [-0.05, 0) is 27.3 Å². The Bertz CT molecular complexity index is 425. The number of carbonyl (C=O) groups is 1. The van der Waals surface area contributed by atoms with E-state index in [2.05, 4.69) is 14.5 Å². The Morgan fingerprint density at radius 1 is 1.38 bits per heavy atom. The van der Waals surface area contributed by atoms with E-state index >= 15 is 0 Å². The van der Waals surface area contributed by atoms with Gasteiger partial charge in [0.25, 0.3) is 0 Å². The molecule has 118 valence electrons. The minimum atomic E-state index is 0.129. The summed E-state index contributed by atoms with van der Waals surface area (Å²) in [6.45, 7) is 7.75. The summed E-state index contributed by atoms with van der Waals surface area (Å²) in [5.74, 6) is 0.196. The maximum atomic E-state index is 12.3. The largest absolute Gasteiger partial charge is 0.372 e. The fourth-order valence-electron chi connectivity index (χ4n) is 2.73. The lowest BCUT2D eigenvalue weighted by Crippen LogP contribution is -2.50. The molecule has 1 saturated heterocycles. The van der Waals surface area contributed by atoms with E-state index < -0.39 is 0 Å². The van der Waals surface area contributed by atoms with Crippen LogP contribution in [0, 0.1) is 0 Å². The maximum Gasteiger partial charge on any atom is 0.236 e. The number of likely N-dealkylation sites (N-methyl/N-ethyl adjacent to an activating group) is 1. The van der Waals surface area contributed by atoms with Crippen molar-refractivity contribution in [1.82, 2.24) is 19.4 Å². The summed E-state index contributed by atoms with van der Waals surface area (Å²) >= 11 is 0. The first kappa shape index (κ1) is 16.0. The molecule has 0 unspecified atom stereocenters. The third kappa shape index (κ3) is 5.13. The van der Waals surface area contributed by atoms with Gasteiger partial charge in [0.2, 0.25) is 5.91 Å². The Kier molecular flexibility index (Phi) is 5.76. The van der Waals surface area contributed by atoms with Gasteiger partial charge < -0.3 is 14.2 Å². The lowest BCUT2D eigenvalue weighted by Gasteiger charge is -2.36. The van der Waals surface area contributed by atoms with Crippen molar-refractivity contribution < 1.29 is 9.53 Å². The monoisotopic (exact) mass is 294 g/mol. The molecule has 1 amide bonds. The van der Waals surface area contributed by atoms with Crippen LogP contribution in [0.15, 0.2) is 18.7 Å². The number of morpholine rings is 1. The van der Waals surface area contributed by atoms with Gasteiger partial charge >= 0.3 is 0 Å². The zero-order chi connectivity index (χ0) is 15.2. The van der Waals surface area contributed by atoms with Gasteiger partial charge in [-0.2, -0.15) is 0 Å². The molecule has 0 aromatic carbocycles. The molecular weight excluding hydrogens is 268 g/mol. The Morgan fingerprint density at radius 2 is 2.10 bits per heavy atom.